The summed E-state index contributed by atoms with van der Waals surface area (Å²) in [5.74, 6) is -0.00253. The maximum absolute atomic E-state index is 12.6. The Bertz CT molecular complexity index is 912. The largest absolute Gasteiger partial charge is 0.353 e. The Labute approximate surface area is 177 Å². The second-order valence-electron chi connectivity index (χ2n) is 7.57. The number of hydrogen-bond acceptors (Lipinski definition) is 6. The molecule has 29 heavy (non-hydrogen) atoms. The highest BCUT2D eigenvalue weighted by molar-refractivity contribution is 7.91. The van der Waals surface area contributed by atoms with Gasteiger partial charge in [-0.25, -0.2) is 21.1 Å². The molecule has 2 saturated heterocycles. The molecule has 2 aliphatic heterocycles. The summed E-state index contributed by atoms with van der Waals surface area (Å²) in [5, 5.41) is 2.96. The van der Waals surface area contributed by atoms with Crippen molar-refractivity contribution in [3.05, 3.63) is 17.0 Å². The zero-order valence-electron chi connectivity index (χ0n) is 16.7. The summed E-state index contributed by atoms with van der Waals surface area (Å²) in [6.07, 6.45) is 3.68. The molecule has 164 valence electrons. The Kier molecular flexibility index (Phi) is 7.36. The lowest BCUT2D eigenvalue weighted by atomic mass is 10.1. The third-order valence-corrected chi connectivity index (χ3v) is 10.8. The molecular formula is C18H29N3O5S3. The van der Waals surface area contributed by atoms with Crippen LogP contribution in [0.4, 0.5) is 0 Å². The van der Waals surface area contributed by atoms with E-state index in [2.05, 4.69) is 5.32 Å². The average molecular weight is 464 g/mol. The molecule has 11 heteroatoms. The standard InChI is InChI=1S/C18H29N3O5S3/c1-2-13-28(23,24)20-11-7-15(8-12-20)19-17(22)14-16-5-6-18(27-16)29(25,26)21-9-3-4-10-21/h5-6,15H,2-4,7-14H2,1H3,(H,19,22). The van der Waals surface area contributed by atoms with Crippen LogP contribution < -0.4 is 5.32 Å². The Balaban J connectivity index is 1.50. The van der Waals surface area contributed by atoms with E-state index in [0.29, 0.717) is 50.3 Å². The highest BCUT2D eigenvalue weighted by Gasteiger charge is 2.30. The van der Waals surface area contributed by atoms with E-state index in [1.165, 1.54) is 8.61 Å². The van der Waals surface area contributed by atoms with Gasteiger partial charge in [0.05, 0.1) is 12.2 Å². The third kappa shape index (κ3) is 5.57. The lowest BCUT2D eigenvalue weighted by Crippen LogP contribution is -2.47. The first kappa shape index (κ1) is 22.7. The van der Waals surface area contributed by atoms with Crippen molar-refractivity contribution in [3.63, 3.8) is 0 Å². The van der Waals surface area contributed by atoms with Crippen LogP contribution in [0.3, 0.4) is 0 Å². The fraction of sp³-hybridized carbons (Fsp3) is 0.722. The van der Waals surface area contributed by atoms with Crippen LogP contribution in [0.25, 0.3) is 0 Å². The second-order valence-corrected chi connectivity index (χ2v) is 13.0. The third-order valence-electron chi connectivity index (χ3n) is 5.31. The van der Waals surface area contributed by atoms with Gasteiger partial charge in [-0.3, -0.25) is 4.79 Å². The Morgan fingerprint density at radius 3 is 2.34 bits per heavy atom. The van der Waals surface area contributed by atoms with Crippen molar-refractivity contribution in [3.8, 4) is 0 Å². The van der Waals surface area contributed by atoms with Gasteiger partial charge in [-0.15, -0.1) is 11.3 Å². The molecule has 3 heterocycles. The van der Waals surface area contributed by atoms with Gasteiger partial charge in [0.25, 0.3) is 10.0 Å². The number of rotatable bonds is 8. The maximum Gasteiger partial charge on any atom is 0.252 e. The van der Waals surface area contributed by atoms with E-state index in [9.17, 15) is 21.6 Å². The molecule has 1 amide bonds. The van der Waals surface area contributed by atoms with Gasteiger partial charge >= 0.3 is 0 Å². The molecule has 0 saturated carbocycles. The van der Waals surface area contributed by atoms with Crippen molar-refractivity contribution in [1.29, 1.82) is 0 Å². The topological polar surface area (TPSA) is 104 Å². The highest BCUT2D eigenvalue weighted by Crippen LogP contribution is 2.27. The summed E-state index contributed by atoms with van der Waals surface area (Å²) in [4.78, 5) is 13.1. The van der Waals surface area contributed by atoms with Crippen LogP contribution in [-0.4, -0.2) is 69.3 Å². The second kappa shape index (κ2) is 9.42. The van der Waals surface area contributed by atoms with Gasteiger partial charge in [-0.05, 0) is 44.2 Å². The van der Waals surface area contributed by atoms with Crippen molar-refractivity contribution in [2.45, 2.75) is 55.7 Å². The van der Waals surface area contributed by atoms with Crippen LogP contribution in [0, 0.1) is 0 Å². The number of carbonyl (C=O) groups is 1. The molecule has 0 bridgehead atoms. The summed E-state index contributed by atoms with van der Waals surface area (Å²) < 4.78 is 52.7. The number of sulfonamides is 2. The first-order valence-corrected chi connectivity index (χ1v) is 13.9. The fourth-order valence-electron chi connectivity index (χ4n) is 3.75. The molecular weight excluding hydrogens is 434 g/mol. The summed E-state index contributed by atoms with van der Waals surface area (Å²) >= 11 is 1.15. The van der Waals surface area contributed by atoms with Crippen LogP contribution >= 0.6 is 11.3 Å². The summed E-state index contributed by atoms with van der Waals surface area (Å²) in [5.41, 5.74) is 0. The molecule has 0 unspecified atom stereocenters. The summed E-state index contributed by atoms with van der Waals surface area (Å²) in [6.45, 7) is 3.80. The summed E-state index contributed by atoms with van der Waals surface area (Å²) in [6, 6.07) is 3.23. The summed E-state index contributed by atoms with van der Waals surface area (Å²) in [7, 11) is -6.64. The molecule has 1 aromatic heterocycles. The number of carbonyl (C=O) groups excluding carboxylic acids is 1. The zero-order valence-corrected chi connectivity index (χ0v) is 19.1. The Morgan fingerprint density at radius 1 is 1.07 bits per heavy atom. The molecule has 8 nitrogen and oxygen atoms in total. The fourth-order valence-corrected chi connectivity index (χ4v) is 8.32. The smallest absolute Gasteiger partial charge is 0.252 e. The van der Waals surface area contributed by atoms with Crippen molar-refractivity contribution >= 4 is 37.3 Å². The maximum atomic E-state index is 12.6. The van der Waals surface area contributed by atoms with E-state index >= 15 is 0 Å². The van der Waals surface area contributed by atoms with E-state index < -0.39 is 20.0 Å². The van der Waals surface area contributed by atoms with Gasteiger partial charge in [-0.1, -0.05) is 6.92 Å². The minimum absolute atomic E-state index is 0.0525. The van der Waals surface area contributed by atoms with Gasteiger partial charge in [0.1, 0.15) is 4.21 Å². The minimum Gasteiger partial charge on any atom is -0.353 e. The molecule has 0 aromatic carbocycles. The highest BCUT2D eigenvalue weighted by atomic mass is 32.2. The lowest BCUT2D eigenvalue weighted by molar-refractivity contribution is -0.121. The van der Waals surface area contributed by atoms with E-state index in [1.54, 1.807) is 12.1 Å². The monoisotopic (exact) mass is 463 g/mol. The predicted octanol–water partition coefficient (Wildman–Crippen LogP) is 1.40. The van der Waals surface area contributed by atoms with Crippen molar-refractivity contribution in [2.24, 2.45) is 0 Å². The van der Waals surface area contributed by atoms with Crippen molar-refractivity contribution < 1.29 is 21.6 Å². The van der Waals surface area contributed by atoms with E-state index in [0.717, 1.165) is 24.2 Å². The van der Waals surface area contributed by atoms with Crippen molar-refractivity contribution in [1.82, 2.24) is 13.9 Å². The first-order chi connectivity index (χ1) is 13.7. The Hall–Kier alpha value is -1.01. The molecule has 0 atom stereocenters. The van der Waals surface area contributed by atoms with E-state index in [-0.39, 0.29) is 28.3 Å². The molecule has 1 N–H and O–H groups in total. The van der Waals surface area contributed by atoms with Gasteiger partial charge in [-0.2, -0.15) is 4.31 Å². The number of nitrogens with one attached hydrogen (secondary N) is 1. The predicted molar refractivity (Wildman–Crippen MR) is 113 cm³/mol. The normalized spacial score (nSPS) is 20.2. The van der Waals surface area contributed by atoms with Gasteiger partial charge in [0.15, 0.2) is 0 Å². The average Bonchev–Trinajstić information content (AvgIpc) is 3.34. The molecule has 0 spiro atoms. The molecule has 0 radical (unpaired) electrons. The zero-order chi connectivity index (χ0) is 21.1. The Morgan fingerprint density at radius 2 is 1.72 bits per heavy atom. The van der Waals surface area contributed by atoms with Gasteiger partial charge in [0.2, 0.25) is 15.9 Å². The van der Waals surface area contributed by atoms with Crippen LogP contribution in [0.5, 0.6) is 0 Å². The number of amides is 1. The molecule has 2 aliphatic rings. The van der Waals surface area contributed by atoms with Crippen molar-refractivity contribution in [2.75, 3.05) is 31.9 Å². The molecule has 1 aromatic rings. The van der Waals surface area contributed by atoms with Gasteiger partial charge < -0.3 is 5.32 Å². The molecule has 3 rings (SSSR count). The van der Waals surface area contributed by atoms with Crippen LogP contribution in [-0.2, 0) is 31.3 Å². The van der Waals surface area contributed by atoms with Crippen LogP contribution in [0.15, 0.2) is 16.3 Å². The van der Waals surface area contributed by atoms with E-state index in [4.69, 9.17) is 0 Å². The first-order valence-electron chi connectivity index (χ1n) is 10.1. The van der Waals surface area contributed by atoms with Crippen LogP contribution in [0.2, 0.25) is 0 Å². The minimum atomic E-state index is -3.45. The number of nitrogens with zero attached hydrogens (tertiary/aromatic N) is 2. The lowest BCUT2D eigenvalue weighted by Gasteiger charge is -2.31. The van der Waals surface area contributed by atoms with E-state index in [1.807, 2.05) is 6.92 Å². The quantitative estimate of drug-likeness (QED) is 0.628. The number of piperidine rings is 1. The molecule has 0 aliphatic carbocycles. The van der Waals surface area contributed by atoms with Crippen LogP contribution in [0.1, 0.15) is 43.9 Å². The number of hydrogen-bond donors (Lipinski definition) is 1. The van der Waals surface area contributed by atoms with Gasteiger partial charge in [0, 0.05) is 37.1 Å². The SMILES string of the molecule is CCCS(=O)(=O)N1CCC(NC(=O)Cc2ccc(S(=O)(=O)N3CCCC3)s2)CC1. The molecule has 2 fully saturated rings. The number of thiophene rings is 1.